The van der Waals surface area contributed by atoms with Crippen LogP contribution in [0.25, 0.3) is 0 Å². The quantitative estimate of drug-likeness (QED) is 0.872. The second-order valence-corrected chi connectivity index (χ2v) is 7.98. The zero-order chi connectivity index (χ0) is 17.9. The van der Waals surface area contributed by atoms with Gasteiger partial charge in [0, 0.05) is 24.9 Å². The van der Waals surface area contributed by atoms with E-state index in [0.29, 0.717) is 30.8 Å². The Hall–Kier alpha value is -1.92. The maximum Gasteiger partial charge on any atom is 0.246 e. The van der Waals surface area contributed by atoms with Crippen LogP contribution < -0.4 is 5.32 Å². The summed E-state index contributed by atoms with van der Waals surface area (Å²) in [6.45, 7) is 0.791. The van der Waals surface area contributed by atoms with Crippen molar-refractivity contribution in [1.29, 1.82) is 0 Å². The maximum atomic E-state index is 12.5. The standard InChI is InChI=1S/C19H28N4O3/c24-17-10-14(12-23(17)15-8-4-5-9-15)19(25)20-11-16-21-18(22-26-16)13-6-2-1-3-7-13/h13-15H,1-12H2,(H,20,25)/t14-/m0/s1. The third-order valence-corrected chi connectivity index (χ3v) is 6.16. The Kier molecular flexibility index (Phi) is 5.22. The Balaban J connectivity index is 1.27. The number of amides is 2. The highest BCUT2D eigenvalue weighted by Crippen LogP contribution is 2.31. The predicted molar refractivity (Wildman–Crippen MR) is 94.0 cm³/mol. The van der Waals surface area contributed by atoms with Crippen molar-refractivity contribution < 1.29 is 14.1 Å². The SMILES string of the molecule is O=C(NCc1nc(C2CCCCC2)no1)[C@H]1CC(=O)N(C2CCCC2)C1. The van der Waals surface area contributed by atoms with Crippen LogP contribution in [0.3, 0.4) is 0 Å². The third kappa shape index (κ3) is 3.76. The predicted octanol–water partition coefficient (Wildman–Crippen LogP) is 2.52. The molecule has 26 heavy (non-hydrogen) atoms. The summed E-state index contributed by atoms with van der Waals surface area (Å²) in [4.78, 5) is 31.1. The van der Waals surface area contributed by atoms with Gasteiger partial charge in [-0.1, -0.05) is 37.3 Å². The molecule has 3 aliphatic rings. The second-order valence-electron chi connectivity index (χ2n) is 7.98. The average Bonchev–Trinajstić information content (AvgIpc) is 3.41. The van der Waals surface area contributed by atoms with E-state index in [4.69, 9.17) is 4.52 Å². The number of carbonyl (C=O) groups is 2. The van der Waals surface area contributed by atoms with Crippen molar-refractivity contribution in [2.45, 2.75) is 82.7 Å². The highest BCUT2D eigenvalue weighted by atomic mass is 16.5. The normalized spacial score (nSPS) is 25.2. The molecule has 7 heteroatoms. The number of hydrogen-bond acceptors (Lipinski definition) is 5. The maximum absolute atomic E-state index is 12.5. The number of aromatic nitrogens is 2. The molecular weight excluding hydrogens is 332 g/mol. The van der Waals surface area contributed by atoms with Crippen molar-refractivity contribution in [2.24, 2.45) is 5.92 Å². The van der Waals surface area contributed by atoms with Gasteiger partial charge in [0.05, 0.1) is 12.5 Å². The first-order valence-corrected chi connectivity index (χ1v) is 10.1. The minimum atomic E-state index is -0.260. The van der Waals surface area contributed by atoms with E-state index in [1.165, 1.54) is 32.1 Å². The minimum absolute atomic E-state index is 0.0868. The van der Waals surface area contributed by atoms with Gasteiger partial charge in [-0.05, 0) is 25.7 Å². The fraction of sp³-hybridized carbons (Fsp3) is 0.789. The van der Waals surface area contributed by atoms with Crippen LogP contribution in [0.5, 0.6) is 0 Å². The Morgan fingerprint density at radius 3 is 2.62 bits per heavy atom. The smallest absolute Gasteiger partial charge is 0.246 e. The molecule has 0 spiro atoms. The van der Waals surface area contributed by atoms with Gasteiger partial charge in [-0.15, -0.1) is 0 Å². The Morgan fingerprint density at radius 1 is 1.12 bits per heavy atom. The molecule has 1 saturated heterocycles. The number of carbonyl (C=O) groups excluding carboxylic acids is 2. The first-order chi connectivity index (χ1) is 12.7. The van der Waals surface area contributed by atoms with E-state index in [2.05, 4.69) is 15.5 Å². The molecule has 0 aromatic carbocycles. The highest BCUT2D eigenvalue weighted by Gasteiger charge is 2.38. The molecule has 4 rings (SSSR count). The summed E-state index contributed by atoms with van der Waals surface area (Å²) in [5.41, 5.74) is 0. The lowest BCUT2D eigenvalue weighted by atomic mass is 9.89. The van der Waals surface area contributed by atoms with E-state index in [1.807, 2.05) is 4.90 Å². The topological polar surface area (TPSA) is 88.3 Å². The minimum Gasteiger partial charge on any atom is -0.347 e. The fourth-order valence-electron chi connectivity index (χ4n) is 4.65. The molecule has 142 valence electrons. The van der Waals surface area contributed by atoms with Gasteiger partial charge in [0.15, 0.2) is 5.82 Å². The van der Waals surface area contributed by atoms with Gasteiger partial charge >= 0.3 is 0 Å². The summed E-state index contributed by atoms with van der Waals surface area (Å²) < 4.78 is 5.30. The number of likely N-dealkylation sites (tertiary alicyclic amines) is 1. The van der Waals surface area contributed by atoms with Crippen LogP contribution in [0, 0.1) is 5.92 Å². The molecule has 2 heterocycles. The van der Waals surface area contributed by atoms with E-state index in [1.54, 1.807) is 0 Å². The van der Waals surface area contributed by atoms with Gasteiger partial charge < -0.3 is 14.7 Å². The number of hydrogen-bond donors (Lipinski definition) is 1. The van der Waals surface area contributed by atoms with Crippen LogP contribution in [0.2, 0.25) is 0 Å². The van der Waals surface area contributed by atoms with Crippen molar-refractivity contribution in [3.8, 4) is 0 Å². The van der Waals surface area contributed by atoms with Gasteiger partial charge in [-0.3, -0.25) is 9.59 Å². The molecule has 2 saturated carbocycles. The summed E-state index contributed by atoms with van der Waals surface area (Å²) in [6, 6.07) is 0.342. The first-order valence-electron chi connectivity index (χ1n) is 10.1. The van der Waals surface area contributed by atoms with E-state index >= 15 is 0 Å². The molecule has 2 amide bonds. The molecule has 7 nitrogen and oxygen atoms in total. The van der Waals surface area contributed by atoms with Crippen LogP contribution >= 0.6 is 0 Å². The highest BCUT2D eigenvalue weighted by molar-refractivity contribution is 5.89. The molecule has 0 radical (unpaired) electrons. The molecule has 0 bridgehead atoms. The summed E-state index contributed by atoms with van der Waals surface area (Å²) >= 11 is 0. The van der Waals surface area contributed by atoms with Crippen molar-refractivity contribution >= 4 is 11.8 Å². The molecule has 1 aromatic heterocycles. The van der Waals surface area contributed by atoms with Crippen LogP contribution in [-0.2, 0) is 16.1 Å². The number of nitrogens with one attached hydrogen (secondary N) is 1. The monoisotopic (exact) mass is 360 g/mol. The van der Waals surface area contributed by atoms with Gasteiger partial charge in [0.2, 0.25) is 17.7 Å². The van der Waals surface area contributed by atoms with Gasteiger partial charge in [-0.2, -0.15) is 4.98 Å². The Bertz CT molecular complexity index is 647. The molecule has 2 aliphatic carbocycles. The lowest BCUT2D eigenvalue weighted by Gasteiger charge is -2.23. The van der Waals surface area contributed by atoms with Crippen LogP contribution in [0.15, 0.2) is 4.52 Å². The van der Waals surface area contributed by atoms with E-state index in [0.717, 1.165) is 31.5 Å². The molecule has 0 unspecified atom stereocenters. The lowest BCUT2D eigenvalue weighted by Crippen LogP contribution is -2.36. The van der Waals surface area contributed by atoms with E-state index in [9.17, 15) is 9.59 Å². The zero-order valence-electron chi connectivity index (χ0n) is 15.3. The van der Waals surface area contributed by atoms with E-state index in [-0.39, 0.29) is 24.3 Å². The largest absolute Gasteiger partial charge is 0.347 e. The molecular formula is C19H28N4O3. The van der Waals surface area contributed by atoms with Gasteiger partial charge in [0.1, 0.15) is 0 Å². The Labute approximate surface area is 153 Å². The number of nitrogens with zero attached hydrogens (tertiary/aromatic N) is 3. The van der Waals surface area contributed by atoms with Gasteiger partial charge in [0.25, 0.3) is 0 Å². The van der Waals surface area contributed by atoms with Crippen LogP contribution in [0.1, 0.15) is 81.8 Å². The third-order valence-electron chi connectivity index (χ3n) is 6.16. The average molecular weight is 360 g/mol. The zero-order valence-corrected chi connectivity index (χ0v) is 15.3. The fourth-order valence-corrected chi connectivity index (χ4v) is 4.65. The molecule has 3 fully saturated rings. The molecule has 1 aromatic rings. The molecule has 1 N–H and O–H groups in total. The van der Waals surface area contributed by atoms with Crippen molar-refractivity contribution in [3.05, 3.63) is 11.7 Å². The van der Waals surface area contributed by atoms with Crippen LogP contribution in [0.4, 0.5) is 0 Å². The van der Waals surface area contributed by atoms with Gasteiger partial charge in [-0.25, -0.2) is 0 Å². The summed E-state index contributed by atoms with van der Waals surface area (Å²) in [6.07, 6.45) is 10.8. The summed E-state index contributed by atoms with van der Waals surface area (Å²) in [5, 5.41) is 6.97. The molecule has 1 atom stereocenters. The summed E-state index contributed by atoms with van der Waals surface area (Å²) in [7, 11) is 0. The van der Waals surface area contributed by atoms with Crippen molar-refractivity contribution in [1.82, 2.24) is 20.4 Å². The van der Waals surface area contributed by atoms with Crippen molar-refractivity contribution in [3.63, 3.8) is 0 Å². The molecule has 1 aliphatic heterocycles. The number of rotatable bonds is 5. The van der Waals surface area contributed by atoms with Crippen LogP contribution in [-0.4, -0.2) is 39.4 Å². The first kappa shape index (κ1) is 17.5. The summed E-state index contributed by atoms with van der Waals surface area (Å²) in [5.74, 6) is 1.40. The Morgan fingerprint density at radius 2 is 1.85 bits per heavy atom. The van der Waals surface area contributed by atoms with E-state index < -0.39 is 0 Å². The second kappa shape index (κ2) is 7.76. The van der Waals surface area contributed by atoms with Crippen molar-refractivity contribution in [2.75, 3.05) is 6.54 Å². The lowest BCUT2D eigenvalue weighted by molar-refractivity contribution is -0.130.